The molecule has 0 aliphatic carbocycles. The molecule has 1 aromatic rings. The van der Waals surface area contributed by atoms with Crippen LogP contribution in [-0.2, 0) is 6.54 Å². The number of nitrogens with zero attached hydrogens (tertiary/aromatic N) is 1. The molecule has 0 spiro atoms. The Hall–Kier alpha value is -0.670. The van der Waals surface area contributed by atoms with Crippen molar-refractivity contribution in [3.63, 3.8) is 0 Å². The van der Waals surface area contributed by atoms with Crippen LogP contribution in [0.15, 0.2) is 18.2 Å². The van der Waals surface area contributed by atoms with Gasteiger partial charge in [0, 0.05) is 30.6 Å². The van der Waals surface area contributed by atoms with Gasteiger partial charge in [0.25, 0.3) is 0 Å². The standard InChI is InChI=1S/C12H16ClF2N/c1-9(2)16(7-6-13)8-10-11(14)4-3-5-12(10)15/h3-5,9H,6-8H2,1-2H3. The number of rotatable bonds is 5. The van der Waals surface area contributed by atoms with Gasteiger partial charge in [-0.05, 0) is 26.0 Å². The lowest BCUT2D eigenvalue weighted by molar-refractivity contribution is 0.220. The molecule has 0 radical (unpaired) electrons. The zero-order chi connectivity index (χ0) is 12.1. The fourth-order valence-electron chi connectivity index (χ4n) is 1.51. The lowest BCUT2D eigenvalue weighted by atomic mass is 10.1. The molecule has 1 nitrogen and oxygen atoms in total. The van der Waals surface area contributed by atoms with E-state index in [-0.39, 0.29) is 18.2 Å². The minimum Gasteiger partial charge on any atom is -0.295 e. The predicted molar refractivity (Wildman–Crippen MR) is 62.6 cm³/mol. The Balaban J connectivity index is 2.84. The number of benzene rings is 1. The maximum absolute atomic E-state index is 13.4. The van der Waals surface area contributed by atoms with Gasteiger partial charge in [0.15, 0.2) is 0 Å². The van der Waals surface area contributed by atoms with Crippen LogP contribution < -0.4 is 0 Å². The summed E-state index contributed by atoms with van der Waals surface area (Å²) < 4.78 is 26.8. The summed E-state index contributed by atoms with van der Waals surface area (Å²) in [6.07, 6.45) is 0. The van der Waals surface area contributed by atoms with Crippen LogP contribution in [0.25, 0.3) is 0 Å². The summed E-state index contributed by atoms with van der Waals surface area (Å²) in [7, 11) is 0. The van der Waals surface area contributed by atoms with Crippen molar-refractivity contribution >= 4 is 11.6 Å². The van der Waals surface area contributed by atoms with Gasteiger partial charge in [-0.2, -0.15) is 0 Å². The summed E-state index contributed by atoms with van der Waals surface area (Å²) in [5.74, 6) is -0.547. The van der Waals surface area contributed by atoms with E-state index in [9.17, 15) is 8.78 Å². The fraction of sp³-hybridized carbons (Fsp3) is 0.500. The van der Waals surface area contributed by atoms with Crippen molar-refractivity contribution in [2.24, 2.45) is 0 Å². The highest BCUT2D eigenvalue weighted by Crippen LogP contribution is 2.16. The molecule has 0 aliphatic rings. The van der Waals surface area contributed by atoms with Crippen LogP contribution in [0.2, 0.25) is 0 Å². The van der Waals surface area contributed by atoms with Crippen LogP contribution >= 0.6 is 11.6 Å². The number of hydrogen-bond acceptors (Lipinski definition) is 1. The molecule has 0 amide bonds. The third-order valence-electron chi connectivity index (χ3n) is 2.52. The van der Waals surface area contributed by atoms with E-state index in [1.165, 1.54) is 18.2 Å². The monoisotopic (exact) mass is 247 g/mol. The normalized spacial score (nSPS) is 11.4. The number of alkyl halides is 1. The fourth-order valence-corrected chi connectivity index (χ4v) is 1.73. The van der Waals surface area contributed by atoms with Crippen LogP contribution in [0.1, 0.15) is 19.4 Å². The molecule has 0 unspecified atom stereocenters. The van der Waals surface area contributed by atoms with Gasteiger partial charge in [-0.25, -0.2) is 8.78 Å². The Bertz CT molecular complexity index is 322. The molecule has 0 N–H and O–H groups in total. The average Bonchev–Trinajstić information content (AvgIpc) is 2.21. The summed E-state index contributed by atoms with van der Waals surface area (Å²) in [4.78, 5) is 1.94. The topological polar surface area (TPSA) is 3.24 Å². The summed E-state index contributed by atoms with van der Waals surface area (Å²) >= 11 is 5.66. The van der Waals surface area contributed by atoms with Gasteiger partial charge in [0.05, 0.1) is 0 Å². The maximum atomic E-state index is 13.4. The Kier molecular flexibility index (Phi) is 5.16. The van der Waals surface area contributed by atoms with Crippen molar-refractivity contribution in [1.82, 2.24) is 4.90 Å². The smallest absolute Gasteiger partial charge is 0.130 e. The van der Waals surface area contributed by atoms with Crippen LogP contribution in [0.3, 0.4) is 0 Å². The van der Waals surface area contributed by atoms with E-state index in [0.717, 1.165) is 0 Å². The first-order valence-corrected chi connectivity index (χ1v) is 5.82. The third-order valence-corrected chi connectivity index (χ3v) is 2.69. The van der Waals surface area contributed by atoms with E-state index in [1.807, 2.05) is 18.7 Å². The third kappa shape index (κ3) is 3.42. The van der Waals surface area contributed by atoms with Gasteiger partial charge >= 0.3 is 0 Å². The van der Waals surface area contributed by atoms with Gasteiger partial charge in [0.2, 0.25) is 0 Å². The molecule has 90 valence electrons. The summed E-state index contributed by atoms with van der Waals surface area (Å²) in [5, 5.41) is 0. The Morgan fingerprint density at radius 3 is 2.25 bits per heavy atom. The van der Waals surface area contributed by atoms with E-state index in [4.69, 9.17) is 11.6 Å². The molecule has 0 atom stereocenters. The van der Waals surface area contributed by atoms with Crippen molar-refractivity contribution in [3.05, 3.63) is 35.4 Å². The largest absolute Gasteiger partial charge is 0.295 e. The minimum absolute atomic E-state index is 0.112. The molecule has 0 heterocycles. The summed E-state index contributed by atoms with van der Waals surface area (Å²) in [5.41, 5.74) is 0.112. The molecular weight excluding hydrogens is 232 g/mol. The molecule has 0 bridgehead atoms. The van der Waals surface area contributed by atoms with Gasteiger partial charge in [0.1, 0.15) is 11.6 Å². The predicted octanol–water partition coefficient (Wildman–Crippen LogP) is 3.41. The van der Waals surface area contributed by atoms with Crippen LogP contribution in [0.5, 0.6) is 0 Å². The highest BCUT2D eigenvalue weighted by molar-refractivity contribution is 6.18. The van der Waals surface area contributed by atoms with E-state index in [0.29, 0.717) is 12.4 Å². The highest BCUT2D eigenvalue weighted by Gasteiger charge is 2.15. The zero-order valence-electron chi connectivity index (χ0n) is 9.51. The average molecular weight is 248 g/mol. The van der Waals surface area contributed by atoms with E-state index < -0.39 is 11.6 Å². The van der Waals surface area contributed by atoms with Crippen molar-refractivity contribution in [2.45, 2.75) is 26.4 Å². The molecule has 0 saturated heterocycles. The highest BCUT2D eigenvalue weighted by atomic mass is 35.5. The molecule has 16 heavy (non-hydrogen) atoms. The van der Waals surface area contributed by atoms with Crippen LogP contribution in [-0.4, -0.2) is 23.4 Å². The van der Waals surface area contributed by atoms with Gasteiger partial charge in [-0.1, -0.05) is 6.07 Å². The first-order chi connectivity index (χ1) is 7.56. The minimum atomic E-state index is -0.500. The SMILES string of the molecule is CC(C)N(CCCl)Cc1c(F)cccc1F. The quantitative estimate of drug-likeness (QED) is 0.721. The van der Waals surface area contributed by atoms with Crippen LogP contribution in [0, 0.1) is 11.6 Å². The van der Waals surface area contributed by atoms with Gasteiger partial charge in [-0.15, -0.1) is 11.6 Å². The Morgan fingerprint density at radius 2 is 1.81 bits per heavy atom. The molecule has 1 rings (SSSR count). The Morgan fingerprint density at radius 1 is 1.25 bits per heavy atom. The van der Waals surface area contributed by atoms with Gasteiger partial charge < -0.3 is 0 Å². The second kappa shape index (κ2) is 6.16. The van der Waals surface area contributed by atoms with Crippen molar-refractivity contribution in [3.8, 4) is 0 Å². The summed E-state index contributed by atoms with van der Waals surface area (Å²) in [6.45, 7) is 4.83. The first-order valence-electron chi connectivity index (χ1n) is 5.29. The molecule has 0 aromatic heterocycles. The van der Waals surface area contributed by atoms with Crippen molar-refractivity contribution in [1.29, 1.82) is 0 Å². The van der Waals surface area contributed by atoms with Crippen LogP contribution in [0.4, 0.5) is 8.78 Å². The molecule has 0 saturated carbocycles. The van der Waals surface area contributed by atoms with Crippen molar-refractivity contribution < 1.29 is 8.78 Å². The molecule has 1 aromatic carbocycles. The zero-order valence-corrected chi connectivity index (χ0v) is 10.3. The maximum Gasteiger partial charge on any atom is 0.130 e. The van der Waals surface area contributed by atoms with E-state index in [2.05, 4.69) is 0 Å². The molecule has 4 heteroatoms. The number of halogens is 3. The molecular formula is C12H16ClF2N. The second-order valence-corrected chi connectivity index (χ2v) is 4.33. The molecule has 0 fully saturated rings. The second-order valence-electron chi connectivity index (χ2n) is 3.95. The van der Waals surface area contributed by atoms with Gasteiger partial charge in [-0.3, -0.25) is 4.90 Å². The lowest BCUT2D eigenvalue weighted by Gasteiger charge is -2.25. The summed E-state index contributed by atoms with van der Waals surface area (Å²) in [6, 6.07) is 4.13. The number of hydrogen-bond donors (Lipinski definition) is 0. The lowest BCUT2D eigenvalue weighted by Crippen LogP contribution is -2.32. The Labute approximate surface area is 100 Å². The molecule has 0 aliphatic heterocycles. The first kappa shape index (κ1) is 13.4. The van der Waals surface area contributed by atoms with E-state index in [1.54, 1.807) is 0 Å². The van der Waals surface area contributed by atoms with E-state index >= 15 is 0 Å². The van der Waals surface area contributed by atoms with Crippen molar-refractivity contribution in [2.75, 3.05) is 12.4 Å².